The minimum Gasteiger partial charge on any atom is -0.369 e. The highest BCUT2D eigenvalue weighted by molar-refractivity contribution is 14.1. The molecule has 0 aliphatic carbocycles. The van der Waals surface area contributed by atoms with Gasteiger partial charge in [0.05, 0.1) is 0 Å². The number of amides is 1. The fraction of sp³-hybridized carbons (Fsp3) is 0.200. The number of rotatable bonds is 5. The Balaban J connectivity index is 1.25. The lowest BCUT2D eigenvalue weighted by Gasteiger charge is -2.36. The third-order valence-corrected chi connectivity index (χ3v) is 6.37. The van der Waals surface area contributed by atoms with Crippen LogP contribution in [0.1, 0.15) is 15.9 Å². The molecule has 164 valence electrons. The number of carbonyl (C=O) groups excluding carboxylic acids is 1. The van der Waals surface area contributed by atoms with Gasteiger partial charge in [-0.15, -0.1) is 0 Å². The normalized spacial score (nSPS) is 14.1. The average Bonchev–Trinajstić information content (AvgIpc) is 2.81. The highest BCUT2D eigenvalue weighted by atomic mass is 127. The predicted octanol–water partition coefficient (Wildman–Crippen LogP) is 4.74. The second kappa shape index (κ2) is 10.9. The lowest BCUT2D eigenvalue weighted by atomic mass is 10.2. The zero-order valence-corrected chi connectivity index (χ0v) is 20.6. The molecule has 1 aliphatic rings. The van der Waals surface area contributed by atoms with E-state index in [2.05, 4.69) is 85.5 Å². The Bertz CT molecular complexity index is 1050. The molecule has 0 bridgehead atoms. The number of nitrogens with one attached hydrogen (secondary N) is 2. The van der Waals surface area contributed by atoms with E-state index < -0.39 is 0 Å². The van der Waals surface area contributed by atoms with Crippen molar-refractivity contribution < 1.29 is 4.79 Å². The summed E-state index contributed by atoms with van der Waals surface area (Å²) in [5, 5.41) is 6.11. The standard InChI is InChI=1S/C25H25IN4OS/c26-21-8-6-20(7-9-21)24(31)28-25(32)27-22-10-12-23(13-11-22)30-16-14-29(15-17-30)18-19-4-2-1-3-5-19/h1-13H,14-18H2,(H2,27,28,31,32). The number of nitrogens with zero attached hydrogens (tertiary/aromatic N) is 2. The topological polar surface area (TPSA) is 47.6 Å². The summed E-state index contributed by atoms with van der Waals surface area (Å²) in [6.45, 7) is 5.10. The molecule has 0 spiro atoms. The van der Waals surface area contributed by atoms with E-state index in [1.165, 1.54) is 11.3 Å². The molecule has 2 N–H and O–H groups in total. The Labute approximate surface area is 207 Å². The van der Waals surface area contributed by atoms with Crippen LogP contribution in [0.15, 0.2) is 78.9 Å². The van der Waals surface area contributed by atoms with E-state index in [1.807, 2.05) is 24.3 Å². The number of hydrogen-bond donors (Lipinski definition) is 2. The maximum Gasteiger partial charge on any atom is 0.257 e. The molecule has 0 radical (unpaired) electrons. The Morgan fingerprint density at radius 1 is 0.875 bits per heavy atom. The molecule has 0 aromatic heterocycles. The number of anilines is 2. The van der Waals surface area contributed by atoms with Crippen molar-refractivity contribution in [3.05, 3.63) is 93.6 Å². The average molecular weight is 556 g/mol. The number of carbonyl (C=O) groups is 1. The van der Waals surface area contributed by atoms with Gasteiger partial charge in [-0.3, -0.25) is 15.0 Å². The van der Waals surface area contributed by atoms with E-state index in [4.69, 9.17) is 12.2 Å². The molecule has 3 aromatic rings. The zero-order chi connectivity index (χ0) is 22.3. The lowest BCUT2D eigenvalue weighted by molar-refractivity contribution is 0.0977. The molecule has 1 heterocycles. The first-order valence-electron chi connectivity index (χ1n) is 10.6. The first-order valence-corrected chi connectivity index (χ1v) is 12.0. The minimum absolute atomic E-state index is 0.219. The maximum atomic E-state index is 12.3. The van der Waals surface area contributed by atoms with Gasteiger partial charge in [0, 0.05) is 53.2 Å². The highest BCUT2D eigenvalue weighted by Crippen LogP contribution is 2.20. The van der Waals surface area contributed by atoms with Crippen molar-refractivity contribution in [1.82, 2.24) is 10.2 Å². The van der Waals surface area contributed by atoms with Gasteiger partial charge in [-0.05, 0) is 88.9 Å². The highest BCUT2D eigenvalue weighted by Gasteiger charge is 2.17. The van der Waals surface area contributed by atoms with Gasteiger partial charge in [0.25, 0.3) is 5.91 Å². The quantitative estimate of drug-likeness (QED) is 0.352. The molecule has 0 saturated carbocycles. The van der Waals surface area contributed by atoms with Crippen molar-refractivity contribution in [3.8, 4) is 0 Å². The molecule has 4 rings (SSSR count). The molecular formula is C25H25IN4OS. The van der Waals surface area contributed by atoms with Crippen LogP contribution in [-0.4, -0.2) is 42.1 Å². The SMILES string of the molecule is O=C(NC(=S)Nc1ccc(N2CCN(Cc3ccccc3)CC2)cc1)c1ccc(I)cc1. The van der Waals surface area contributed by atoms with Gasteiger partial charge >= 0.3 is 0 Å². The molecule has 3 aromatic carbocycles. The first kappa shape index (κ1) is 22.7. The van der Waals surface area contributed by atoms with Gasteiger partial charge in [0.15, 0.2) is 5.11 Å². The van der Waals surface area contributed by atoms with E-state index in [1.54, 1.807) is 12.1 Å². The predicted molar refractivity (Wildman–Crippen MR) is 143 cm³/mol. The zero-order valence-electron chi connectivity index (χ0n) is 17.6. The second-order valence-electron chi connectivity index (χ2n) is 7.71. The van der Waals surface area contributed by atoms with Gasteiger partial charge in [-0.1, -0.05) is 30.3 Å². The van der Waals surface area contributed by atoms with Crippen LogP contribution < -0.4 is 15.5 Å². The fourth-order valence-corrected chi connectivity index (χ4v) is 4.27. The summed E-state index contributed by atoms with van der Waals surface area (Å²) in [5.74, 6) is -0.219. The van der Waals surface area contributed by atoms with E-state index in [-0.39, 0.29) is 11.0 Å². The smallest absolute Gasteiger partial charge is 0.257 e. The van der Waals surface area contributed by atoms with Gasteiger partial charge in [-0.2, -0.15) is 0 Å². The van der Waals surface area contributed by atoms with Crippen LogP contribution in [0.2, 0.25) is 0 Å². The number of thiocarbonyl (C=S) groups is 1. The van der Waals surface area contributed by atoms with Crippen molar-refractivity contribution >= 4 is 57.2 Å². The van der Waals surface area contributed by atoms with Crippen LogP contribution in [0.4, 0.5) is 11.4 Å². The molecule has 32 heavy (non-hydrogen) atoms. The van der Waals surface area contributed by atoms with Gasteiger partial charge in [-0.25, -0.2) is 0 Å². The van der Waals surface area contributed by atoms with Gasteiger partial charge in [0.1, 0.15) is 0 Å². The van der Waals surface area contributed by atoms with Crippen molar-refractivity contribution in [3.63, 3.8) is 0 Å². The minimum atomic E-state index is -0.219. The van der Waals surface area contributed by atoms with Crippen molar-refractivity contribution in [2.75, 3.05) is 36.4 Å². The molecule has 1 fully saturated rings. The number of piperazine rings is 1. The summed E-state index contributed by atoms with van der Waals surface area (Å²) in [6.07, 6.45) is 0. The Kier molecular flexibility index (Phi) is 7.72. The summed E-state index contributed by atoms with van der Waals surface area (Å²) < 4.78 is 1.08. The third-order valence-electron chi connectivity index (χ3n) is 5.45. The van der Waals surface area contributed by atoms with Crippen LogP contribution in [-0.2, 0) is 6.54 Å². The van der Waals surface area contributed by atoms with Crippen LogP contribution in [0.3, 0.4) is 0 Å². The number of benzene rings is 3. The van der Waals surface area contributed by atoms with Crippen LogP contribution in [0.25, 0.3) is 0 Å². The number of halogens is 1. The van der Waals surface area contributed by atoms with Crippen molar-refractivity contribution in [2.24, 2.45) is 0 Å². The van der Waals surface area contributed by atoms with E-state index in [0.29, 0.717) is 5.56 Å². The molecule has 0 unspecified atom stereocenters. The van der Waals surface area contributed by atoms with Gasteiger partial charge < -0.3 is 10.2 Å². The Morgan fingerprint density at radius 2 is 1.53 bits per heavy atom. The summed E-state index contributed by atoms with van der Waals surface area (Å²) in [7, 11) is 0. The van der Waals surface area contributed by atoms with Crippen LogP contribution in [0, 0.1) is 3.57 Å². The Hall–Kier alpha value is -2.49. The van der Waals surface area contributed by atoms with Gasteiger partial charge in [0.2, 0.25) is 0 Å². The van der Waals surface area contributed by atoms with E-state index in [9.17, 15) is 4.79 Å². The first-order chi connectivity index (χ1) is 15.6. The summed E-state index contributed by atoms with van der Waals surface area (Å²) >= 11 is 7.51. The molecule has 1 aliphatic heterocycles. The molecule has 5 nitrogen and oxygen atoms in total. The molecule has 7 heteroatoms. The summed E-state index contributed by atoms with van der Waals surface area (Å²) in [6, 6.07) is 26.2. The Morgan fingerprint density at radius 3 is 2.19 bits per heavy atom. The monoisotopic (exact) mass is 556 g/mol. The summed E-state index contributed by atoms with van der Waals surface area (Å²) in [4.78, 5) is 17.2. The van der Waals surface area contributed by atoms with E-state index in [0.717, 1.165) is 42.0 Å². The summed E-state index contributed by atoms with van der Waals surface area (Å²) in [5.41, 5.74) is 3.99. The van der Waals surface area contributed by atoms with Crippen LogP contribution in [0.5, 0.6) is 0 Å². The van der Waals surface area contributed by atoms with E-state index >= 15 is 0 Å². The van der Waals surface area contributed by atoms with Crippen molar-refractivity contribution in [1.29, 1.82) is 0 Å². The molecule has 1 amide bonds. The lowest BCUT2D eigenvalue weighted by Crippen LogP contribution is -2.45. The fourth-order valence-electron chi connectivity index (χ4n) is 3.70. The maximum absolute atomic E-state index is 12.3. The third kappa shape index (κ3) is 6.27. The largest absolute Gasteiger partial charge is 0.369 e. The number of hydrogen-bond acceptors (Lipinski definition) is 4. The molecule has 0 atom stereocenters. The van der Waals surface area contributed by atoms with Crippen molar-refractivity contribution in [2.45, 2.75) is 6.54 Å². The van der Waals surface area contributed by atoms with Crippen LogP contribution >= 0.6 is 34.8 Å². The molecular weight excluding hydrogens is 531 g/mol. The molecule has 1 saturated heterocycles. The second-order valence-corrected chi connectivity index (χ2v) is 9.36.